The van der Waals surface area contributed by atoms with Crippen LogP contribution in [0.1, 0.15) is 31.1 Å². The molecule has 0 atom stereocenters. The number of carbonyl (C=O) groups is 1. The Hall–Kier alpha value is -2.61. The van der Waals surface area contributed by atoms with Crippen molar-refractivity contribution in [3.05, 3.63) is 54.0 Å². The van der Waals surface area contributed by atoms with Crippen LogP contribution in [0.4, 0.5) is 5.69 Å². The molecule has 0 aliphatic heterocycles. The fourth-order valence-corrected chi connectivity index (χ4v) is 2.90. The molecule has 1 amide bonds. The maximum Gasteiger partial charge on any atom is 0.234 e. The second kappa shape index (κ2) is 7.98. The van der Waals surface area contributed by atoms with E-state index in [1.165, 1.54) is 17.3 Å². The highest BCUT2D eigenvalue weighted by Crippen LogP contribution is 2.19. The number of furan rings is 1. The van der Waals surface area contributed by atoms with Crippen LogP contribution < -0.4 is 5.32 Å². The molecule has 0 aliphatic carbocycles. The Kier molecular flexibility index (Phi) is 5.49. The number of aromatic nitrogens is 4. The predicted molar refractivity (Wildman–Crippen MR) is 95.5 cm³/mol. The molecule has 2 heterocycles. The molecular formula is C17H19N5O2S. The zero-order valence-electron chi connectivity index (χ0n) is 14.0. The molecule has 0 bridgehead atoms. The Morgan fingerprint density at radius 2 is 2.08 bits per heavy atom. The molecule has 8 heteroatoms. The van der Waals surface area contributed by atoms with Crippen molar-refractivity contribution in [3.8, 4) is 0 Å². The third-order valence-corrected chi connectivity index (χ3v) is 4.54. The van der Waals surface area contributed by atoms with E-state index in [-0.39, 0.29) is 11.7 Å². The van der Waals surface area contributed by atoms with Gasteiger partial charge in [0.15, 0.2) is 0 Å². The van der Waals surface area contributed by atoms with E-state index in [4.69, 9.17) is 4.42 Å². The van der Waals surface area contributed by atoms with E-state index in [1.54, 1.807) is 10.9 Å². The molecule has 0 radical (unpaired) electrons. The van der Waals surface area contributed by atoms with Crippen LogP contribution in [0.5, 0.6) is 0 Å². The third-order valence-electron chi connectivity index (χ3n) is 3.58. The molecule has 2 aromatic heterocycles. The van der Waals surface area contributed by atoms with Gasteiger partial charge in [0, 0.05) is 5.69 Å². The first-order valence-corrected chi connectivity index (χ1v) is 8.91. The molecular weight excluding hydrogens is 338 g/mol. The van der Waals surface area contributed by atoms with Crippen LogP contribution in [-0.2, 0) is 11.3 Å². The van der Waals surface area contributed by atoms with E-state index in [0.29, 0.717) is 17.6 Å². The lowest BCUT2D eigenvalue weighted by Crippen LogP contribution is -2.15. The first kappa shape index (κ1) is 17.2. The summed E-state index contributed by atoms with van der Waals surface area (Å²) in [6, 6.07) is 11.5. The number of amides is 1. The number of tetrazole rings is 1. The van der Waals surface area contributed by atoms with Crippen molar-refractivity contribution >= 4 is 23.4 Å². The number of hydrogen-bond donors (Lipinski definition) is 1. The molecule has 0 saturated carbocycles. The number of thioether (sulfide) groups is 1. The maximum absolute atomic E-state index is 12.1. The number of benzene rings is 1. The normalized spacial score (nSPS) is 11.0. The van der Waals surface area contributed by atoms with Gasteiger partial charge in [-0.15, -0.1) is 5.10 Å². The van der Waals surface area contributed by atoms with E-state index in [2.05, 4.69) is 34.7 Å². The molecule has 0 fully saturated rings. The van der Waals surface area contributed by atoms with Crippen molar-refractivity contribution in [3.63, 3.8) is 0 Å². The summed E-state index contributed by atoms with van der Waals surface area (Å²) >= 11 is 1.28. The Morgan fingerprint density at radius 3 is 2.76 bits per heavy atom. The minimum Gasteiger partial charge on any atom is -0.467 e. The predicted octanol–water partition coefficient (Wildman–Crippen LogP) is 3.17. The van der Waals surface area contributed by atoms with E-state index < -0.39 is 0 Å². The van der Waals surface area contributed by atoms with Crippen LogP contribution in [0.15, 0.2) is 52.2 Å². The van der Waals surface area contributed by atoms with Gasteiger partial charge in [0.2, 0.25) is 11.1 Å². The topological polar surface area (TPSA) is 85.8 Å². The van der Waals surface area contributed by atoms with Crippen LogP contribution in [0.2, 0.25) is 0 Å². The molecule has 0 saturated heterocycles. The summed E-state index contributed by atoms with van der Waals surface area (Å²) in [4.78, 5) is 12.1. The molecule has 1 N–H and O–H groups in total. The highest BCUT2D eigenvalue weighted by Gasteiger charge is 2.11. The lowest BCUT2D eigenvalue weighted by molar-refractivity contribution is -0.113. The van der Waals surface area contributed by atoms with Gasteiger partial charge in [0.1, 0.15) is 12.3 Å². The van der Waals surface area contributed by atoms with Gasteiger partial charge in [-0.1, -0.05) is 37.7 Å². The SMILES string of the molecule is CC(C)c1ccc(NC(=O)CSc2nnnn2Cc2ccco2)cc1. The van der Waals surface area contributed by atoms with Gasteiger partial charge in [-0.05, 0) is 46.2 Å². The molecule has 25 heavy (non-hydrogen) atoms. The fourth-order valence-electron chi connectivity index (χ4n) is 2.23. The summed E-state index contributed by atoms with van der Waals surface area (Å²) < 4.78 is 6.89. The first-order valence-electron chi connectivity index (χ1n) is 7.93. The largest absolute Gasteiger partial charge is 0.467 e. The fraction of sp³-hybridized carbons (Fsp3) is 0.294. The molecule has 1 aromatic carbocycles. The summed E-state index contributed by atoms with van der Waals surface area (Å²) in [7, 11) is 0. The Balaban J connectivity index is 1.53. The van der Waals surface area contributed by atoms with Gasteiger partial charge in [-0.25, -0.2) is 4.68 Å². The van der Waals surface area contributed by atoms with Gasteiger partial charge in [-0.3, -0.25) is 4.79 Å². The second-order valence-corrected chi connectivity index (χ2v) is 6.75. The van der Waals surface area contributed by atoms with Crippen LogP contribution >= 0.6 is 11.8 Å². The van der Waals surface area contributed by atoms with Crippen LogP contribution in [-0.4, -0.2) is 31.9 Å². The summed E-state index contributed by atoms with van der Waals surface area (Å²) in [6.07, 6.45) is 1.60. The Bertz CT molecular complexity index is 812. The number of rotatable bonds is 7. The average Bonchev–Trinajstić information content (AvgIpc) is 3.26. The van der Waals surface area contributed by atoms with Gasteiger partial charge >= 0.3 is 0 Å². The van der Waals surface area contributed by atoms with E-state index in [0.717, 1.165) is 11.4 Å². The lowest BCUT2D eigenvalue weighted by atomic mass is 10.0. The molecule has 0 spiro atoms. The Labute approximate surface area is 149 Å². The molecule has 7 nitrogen and oxygen atoms in total. The van der Waals surface area contributed by atoms with E-state index in [9.17, 15) is 4.79 Å². The summed E-state index contributed by atoms with van der Waals surface area (Å²) in [5.74, 6) is 1.34. The van der Waals surface area contributed by atoms with Gasteiger partial charge in [0.05, 0.1) is 12.0 Å². The number of hydrogen-bond acceptors (Lipinski definition) is 6. The Morgan fingerprint density at radius 1 is 1.28 bits per heavy atom. The van der Waals surface area contributed by atoms with Crippen molar-refractivity contribution < 1.29 is 9.21 Å². The summed E-state index contributed by atoms with van der Waals surface area (Å²) in [5.41, 5.74) is 2.02. The molecule has 3 rings (SSSR count). The quantitative estimate of drug-likeness (QED) is 0.654. The minimum atomic E-state index is -0.102. The number of carbonyl (C=O) groups excluding carboxylic acids is 1. The first-order chi connectivity index (χ1) is 12.1. The van der Waals surface area contributed by atoms with Crippen LogP contribution in [0.25, 0.3) is 0 Å². The molecule has 130 valence electrons. The smallest absolute Gasteiger partial charge is 0.234 e. The van der Waals surface area contributed by atoms with Crippen molar-refractivity contribution in [2.75, 3.05) is 11.1 Å². The zero-order chi connectivity index (χ0) is 17.6. The van der Waals surface area contributed by atoms with Crippen molar-refractivity contribution in [1.82, 2.24) is 20.2 Å². The van der Waals surface area contributed by atoms with E-state index in [1.807, 2.05) is 36.4 Å². The number of anilines is 1. The maximum atomic E-state index is 12.1. The minimum absolute atomic E-state index is 0.102. The van der Waals surface area contributed by atoms with Crippen molar-refractivity contribution in [2.24, 2.45) is 0 Å². The summed E-state index contributed by atoms with van der Waals surface area (Å²) in [6.45, 7) is 4.70. The number of nitrogens with zero attached hydrogens (tertiary/aromatic N) is 4. The van der Waals surface area contributed by atoms with Crippen LogP contribution in [0.3, 0.4) is 0 Å². The van der Waals surface area contributed by atoms with Gasteiger partial charge < -0.3 is 9.73 Å². The zero-order valence-corrected chi connectivity index (χ0v) is 14.9. The molecule has 0 unspecified atom stereocenters. The third kappa shape index (κ3) is 4.69. The van der Waals surface area contributed by atoms with Gasteiger partial charge in [-0.2, -0.15) is 0 Å². The summed E-state index contributed by atoms with van der Waals surface area (Å²) in [5, 5.41) is 15.0. The standard InChI is InChI=1S/C17H19N5O2S/c1-12(2)13-5-7-14(8-6-13)18-16(23)11-25-17-19-20-21-22(17)10-15-4-3-9-24-15/h3-9,12H,10-11H2,1-2H3,(H,18,23). The van der Waals surface area contributed by atoms with Crippen molar-refractivity contribution in [2.45, 2.75) is 31.5 Å². The average molecular weight is 357 g/mol. The van der Waals surface area contributed by atoms with Gasteiger partial charge in [0.25, 0.3) is 0 Å². The van der Waals surface area contributed by atoms with Crippen molar-refractivity contribution in [1.29, 1.82) is 0 Å². The monoisotopic (exact) mass is 357 g/mol. The number of nitrogens with one attached hydrogen (secondary N) is 1. The lowest BCUT2D eigenvalue weighted by Gasteiger charge is -2.08. The second-order valence-electron chi connectivity index (χ2n) is 5.81. The highest BCUT2D eigenvalue weighted by molar-refractivity contribution is 7.99. The highest BCUT2D eigenvalue weighted by atomic mass is 32.2. The van der Waals surface area contributed by atoms with Crippen LogP contribution in [0, 0.1) is 0 Å². The molecule has 0 aliphatic rings. The molecule has 3 aromatic rings. The van der Waals surface area contributed by atoms with E-state index >= 15 is 0 Å².